The van der Waals surface area contributed by atoms with Crippen LogP contribution in [0, 0.1) is 5.82 Å². The largest absolute Gasteiger partial charge is 0.388 e. The number of aliphatic hydroxyl groups excluding tert-OH is 1. The number of aromatic nitrogens is 2. The zero-order chi connectivity index (χ0) is 13.1. The summed E-state index contributed by atoms with van der Waals surface area (Å²) in [4.78, 5) is 7.30. The van der Waals surface area contributed by atoms with Crippen molar-refractivity contribution in [2.24, 2.45) is 0 Å². The van der Waals surface area contributed by atoms with Crippen molar-refractivity contribution >= 4 is 17.4 Å². The number of anilines is 1. The van der Waals surface area contributed by atoms with Gasteiger partial charge in [0.05, 0.1) is 18.3 Å². The van der Waals surface area contributed by atoms with Crippen molar-refractivity contribution in [1.82, 2.24) is 9.97 Å². The molecule has 0 aliphatic heterocycles. The fraction of sp³-hybridized carbons (Fsp3) is 0.636. The molecule has 7 heteroatoms. The van der Waals surface area contributed by atoms with Gasteiger partial charge < -0.3 is 15.2 Å². The monoisotopic (exact) mass is 275 g/mol. The quantitative estimate of drug-likeness (QED) is 0.821. The van der Waals surface area contributed by atoms with Gasteiger partial charge in [-0.3, -0.25) is 0 Å². The molecule has 1 aromatic heterocycles. The van der Waals surface area contributed by atoms with Crippen molar-refractivity contribution < 1.29 is 14.2 Å². The molecule has 2 N–H and O–H groups in total. The van der Waals surface area contributed by atoms with Crippen LogP contribution < -0.4 is 5.32 Å². The van der Waals surface area contributed by atoms with Crippen LogP contribution in [0.3, 0.4) is 0 Å². The van der Waals surface area contributed by atoms with E-state index in [4.69, 9.17) is 16.3 Å². The van der Waals surface area contributed by atoms with E-state index in [-0.39, 0.29) is 23.2 Å². The first-order chi connectivity index (χ1) is 8.61. The van der Waals surface area contributed by atoms with Crippen LogP contribution in [0.15, 0.2) is 6.20 Å². The van der Waals surface area contributed by atoms with E-state index in [1.165, 1.54) is 0 Å². The van der Waals surface area contributed by atoms with Gasteiger partial charge in [0.15, 0.2) is 11.6 Å². The van der Waals surface area contributed by atoms with Gasteiger partial charge in [-0.15, -0.1) is 0 Å². The summed E-state index contributed by atoms with van der Waals surface area (Å²) < 4.78 is 18.7. The maximum Gasteiger partial charge on any atom is 0.224 e. The summed E-state index contributed by atoms with van der Waals surface area (Å²) in [6.07, 6.45) is 2.48. The van der Waals surface area contributed by atoms with Gasteiger partial charge in [0.1, 0.15) is 6.10 Å². The fourth-order valence-electron chi connectivity index (χ4n) is 2.18. The highest BCUT2D eigenvalue weighted by molar-refractivity contribution is 6.28. The Balaban J connectivity index is 2.10. The first kappa shape index (κ1) is 13.5. The van der Waals surface area contributed by atoms with Crippen molar-refractivity contribution in [3.63, 3.8) is 0 Å². The van der Waals surface area contributed by atoms with E-state index in [1.807, 2.05) is 0 Å². The number of nitrogens with zero attached hydrogens (tertiary/aromatic N) is 2. The van der Waals surface area contributed by atoms with Crippen LogP contribution in [-0.4, -0.2) is 40.4 Å². The van der Waals surface area contributed by atoms with E-state index < -0.39 is 11.9 Å². The summed E-state index contributed by atoms with van der Waals surface area (Å²) >= 11 is 5.61. The van der Waals surface area contributed by atoms with Gasteiger partial charge in [-0.1, -0.05) is 0 Å². The van der Waals surface area contributed by atoms with Gasteiger partial charge in [0, 0.05) is 7.11 Å². The Morgan fingerprint density at radius 3 is 3.06 bits per heavy atom. The van der Waals surface area contributed by atoms with Gasteiger partial charge in [-0.05, 0) is 30.9 Å². The Morgan fingerprint density at radius 1 is 1.56 bits per heavy atom. The molecule has 1 saturated carbocycles. The first-order valence-corrected chi connectivity index (χ1v) is 6.15. The number of hydrogen-bond acceptors (Lipinski definition) is 5. The second-order valence-electron chi connectivity index (χ2n) is 4.28. The molecule has 3 atom stereocenters. The van der Waals surface area contributed by atoms with Gasteiger partial charge in [0.2, 0.25) is 5.28 Å². The molecule has 2 rings (SSSR count). The molecule has 0 aromatic carbocycles. The zero-order valence-electron chi connectivity index (χ0n) is 9.94. The van der Waals surface area contributed by atoms with Crippen LogP contribution >= 0.6 is 11.6 Å². The van der Waals surface area contributed by atoms with Crippen molar-refractivity contribution in [1.29, 1.82) is 0 Å². The lowest BCUT2D eigenvalue weighted by atomic mass is 9.90. The van der Waals surface area contributed by atoms with E-state index in [0.29, 0.717) is 0 Å². The summed E-state index contributed by atoms with van der Waals surface area (Å²) in [6.45, 7) is 0. The molecular formula is C11H15ClFN3O2. The Morgan fingerprint density at radius 2 is 2.33 bits per heavy atom. The lowest BCUT2D eigenvalue weighted by Gasteiger charge is -2.34. The maximum atomic E-state index is 13.5. The molecule has 100 valence electrons. The highest BCUT2D eigenvalue weighted by Crippen LogP contribution is 2.25. The SMILES string of the molecule is CO[C@@H]1CCC[C@H](Nc2nc(Cl)ncc2F)C1O. The lowest BCUT2D eigenvalue weighted by molar-refractivity contribution is -0.0421. The van der Waals surface area contributed by atoms with E-state index >= 15 is 0 Å². The maximum absolute atomic E-state index is 13.5. The van der Waals surface area contributed by atoms with Gasteiger partial charge in [-0.2, -0.15) is 4.98 Å². The van der Waals surface area contributed by atoms with E-state index in [1.54, 1.807) is 7.11 Å². The summed E-state index contributed by atoms with van der Waals surface area (Å²) in [7, 11) is 1.55. The predicted molar refractivity (Wildman–Crippen MR) is 65.1 cm³/mol. The normalized spacial score (nSPS) is 28.1. The summed E-state index contributed by atoms with van der Waals surface area (Å²) in [5, 5.41) is 12.9. The van der Waals surface area contributed by atoms with Crippen LogP contribution in [-0.2, 0) is 4.74 Å². The van der Waals surface area contributed by atoms with Crippen LogP contribution in [0.25, 0.3) is 0 Å². The highest BCUT2D eigenvalue weighted by Gasteiger charge is 2.32. The number of halogens is 2. The van der Waals surface area contributed by atoms with Crippen molar-refractivity contribution in [2.45, 2.75) is 37.5 Å². The molecule has 1 aliphatic carbocycles. The third-order valence-electron chi connectivity index (χ3n) is 3.14. The Kier molecular flexibility index (Phi) is 4.31. The van der Waals surface area contributed by atoms with Crippen molar-refractivity contribution in [3.8, 4) is 0 Å². The molecule has 0 radical (unpaired) electrons. The standard InChI is InChI=1S/C11H15ClFN3O2/c1-18-8-4-2-3-7(9(8)17)15-10-6(13)5-14-11(12)16-10/h5,7-9,17H,2-4H2,1H3,(H,14,15,16)/t7-,8+,9?/m0/s1. The average Bonchev–Trinajstić information content (AvgIpc) is 2.36. The molecule has 1 aliphatic rings. The minimum atomic E-state index is -0.697. The second kappa shape index (κ2) is 5.77. The number of methoxy groups -OCH3 is 1. The van der Waals surface area contributed by atoms with Crippen molar-refractivity contribution in [2.75, 3.05) is 12.4 Å². The smallest absolute Gasteiger partial charge is 0.224 e. The fourth-order valence-corrected chi connectivity index (χ4v) is 2.31. The Bertz CT molecular complexity index is 421. The Labute approximate surface area is 109 Å². The minimum Gasteiger partial charge on any atom is -0.388 e. The first-order valence-electron chi connectivity index (χ1n) is 5.77. The van der Waals surface area contributed by atoms with Crippen LogP contribution in [0.2, 0.25) is 5.28 Å². The topological polar surface area (TPSA) is 67.3 Å². The summed E-state index contributed by atoms with van der Waals surface area (Å²) in [5.74, 6) is -0.582. The lowest BCUT2D eigenvalue weighted by Crippen LogP contribution is -2.46. The zero-order valence-corrected chi connectivity index (χ0v) is 10.7. The molecule has 1 aromatic rings. The van der Waals surface area contributed by atoms with Gasteiger partial charge in [0.25, 0.3) is 0 Å². The van der Waals surface area contributed by atoms with Gasteiger partial charge in [-0.25, -0.2) is 9.37 Å². The van der Waals surface area contributed by atoms with Crippen LogP contribution in [0.5, 0.6) is 0 Å². The number of ether oxygens (including phenoxy) is 1. The van der Waals surface area contributed by atoms with E-state index in [2.05, 4.69) is 15.3 Å². The molecule has 0 saturated heterocycles. The molecule has 5 nitrogen and oxygen atoms in total. The molecule has 0 spiro atoms. The third-order valence-corrected chi connectivity index (χ3v) is 3.32. The molecule has 1 fully saturated rings. The molecular weight excluding hydrogens is 261 g/mol. The molecule has 0 amide bonds. The molecule has 18 heavy (non-hydrogen) atoms. The van der Waals surface area contributed by atoms with Crippen LogP contribution in [0.4, 0.5) is 10.2 Å². The minimum absolute atomic E-state index is 0.0100. The predicted octanol–water partition coefficient (Wildman–Crippen LogP) is 1.61. The van der Waals surface area contributed by atoms with E-state index in [0.717, 1.165) is 25.5 Å². The van der Waals surface area contributed by atoms with Gasteiger partial charge >= 0.3 is 0 Å². The third kappa shape index (κ3) is 2.88. The number of hydrogen-bond donors (Lipinski definition) is 2. The number of aliphatic hydroxyl groups is 1. The number of rotatable bonds is 3. The van der Waals surface area contributed by atoms with E-state index in [9.17, 15) is 9.50 Å². The molecule has 1 heterocycles. The number of nitrogens with one attached hydrogen (secondary N) is 1. The average molecular weight is 276 g/mol. The van der Waals surface area contributed by atoms with Crippen LogP contribution in [0.1, 0.15) is 19.3 Å². The highest BCUT2D eigenvalue weighted by atomic mass is 35.5. The second-order valence-corrected chi connectivity index (χ2v) is 4.62. The molecule has 1 unspecified atom stereocenters. The summed E-state index contributed by atoms with van der Waals surface area (Å²) in [5.41, 5.74) is 0. The summed E-state index contributed by atoms with van der Waals surface area (Å²) in [6, 6.07) is -0.302. The Hall–Kier alpha value is -0.980. The molecule has 0 bridgehead atoms. The van der Waals surface area contributed by atoms with Crippen molar-refractivity contribution in [3.05, 3.63) is 17.3 Å².